The van der Waals surface area contributed by atoms with Gasteiger partial charge in [-0.25, -0.2) is 4.39 Å². The second kappa shape index (κ2) is 6.59. The first-order valence-corrected chi connectivity index (χ1v) is 8.54. The number of amides is 1. The molecular weight excluding hydrogens is 317 g/mol. The van der Waals surface area contributed by atoms with Crippen molar-refractivity contribution in [1.29, 1.82) is 0 Å². The molecule has 4 nitrogen and oxygen atoms in total. The zero-order chi connectivity index (χ0) is 17.2. The number of fused-ring (bicyclic) bond motifs is 1. The maximum absolute atomic E-state index is 13.9. The van der Waals surface area contributed by atoms with Crippen LogP contribution in [0.3, 0.4) is 0 Å². The number of carbonyl (C=O) groups is 1. The summed E-state index contributed by atoms with van der Waals surface area (Å²) in [5, 5.41) is 1.10. The molecule has 1 aliphatic heterocycles. The predicted molar refractivity (Wildman–Crippen MR) is 97.2 cm³/mol. The Morgan fingerprint density at radius 2 is 1.72 bits per heavy atom. The lowest BCUT2D eigenvalue weighted by Gasteiger charge is -2.36. The van der Waals surface area contributed by atoms with Crippen LogP contribution >= 0.6 is 0 Å². The standard InChI is InChI=1S/C20H20FN3O/c21-17-6-2-4-8-19(17)23-9-11-24(12-10-23)20(25)13-15-14-22-18-7-3-1-5-16(15)18/h1-8,14,22H,9-13H2. The molecule has 4 rings (SSSR count). The van der Waals surface area contributed by atoms with Gasteiger partial charge in [-0.05, 0) is 23.8 Å². The summed E-state index contributed by atoms with van der Waals surface area (Å²) in [5.41, 5.74) is 2.69. The highest BCUT2D eigenvalue weighted by Gasteiger charge is 2.23. The van der Waals surface area contributed by atoms with E-state index in [1.54, 1.807) is 12.1 Å². The molecule has 1 aromatic heterocycles. The van der Waals surface area contributed by atoms with Gasteiger partial charge in [-0.2, -0.15) is 0 Å². The van der Waals surface area contributed by atoms with Crippen molar-refractivity contribution in [3.05, 3.63) is 66.1 Å². The monoisotopic (exact) mass is 337 g/mol. The maximum Gasteiger partial charge on any atom is 0.227 e. The fourth-order valence-electron chi connectivity index (χ4n) is 3.46. The molecule has 2 heterocycles. The van der Waals surface area contributed by atoms with Crippen LogP contribution in [-0.2, 0) is 11.2 Å². The van der Waals surface area contributed by atoms with Crippen LogP contribution < -0.4 is 4.90 Å². The lowest BCUT2D eigenvalue weighted by molar-refractivity contribution is -0.130. The van der Waals surface area contributed by atoms with Gasteiger partial charge in [-0.15, -0.1) is 0 Å². The van der Waals surface area contributed by atoms with E-state index in [-0.39, 0.29) is 11.7 Å². The van der Waals surface area contributed by atoms with Crippen LogP contribution in [0.1, 0.15) is 5.56 Å². The minimum absolute atomic E-state index is 0.123. The molecule has 0 aliphatic carbocycles. The summed E-state index contributed by atoms with van der Waals surface area (Å²) in [5.74, 6) is -0.0843. The molecule has 128 valence electrons. The van der Waals surface area contributed by atoms with Crippen molar-refractivity contribution in [2.75, 3.05) is 31.1 Å². The second-order valence-electron chi connectivity index (χ2n) is 6.36. The van der Waals surface area contributed by atoms with Crippen molar-refractivity contribution in [2.45, 2.75) is 6.42 Å². The van der Waals surface area contributed by atoms with Crippen molar-refractivity contribution in [1.82, 2.24) is 9.88 Å². The number of carbonyl (C=O) groups excluding carboxylic acids is 1. The summed E-state index contributed by atoms with van der Waals surface area (Å²) < 4.78 is 13.9. The van der Waals surface area contributed by atoms with Gasteiger partial charge >= 0.3 is 0 Å². The van der Waals surface area contributed by atoms with Gasteiger partial charge in [-0.3, -0.25) is 4.79 Å². The Kier molecular flexibility index (Phi) is 4.14. The Morgan fingerprint density at radius 3 is 2.52 bits per heavy atom. The number of H-pyrrole nitrogens is 1. The van der Waals surface area contributed by atoms with Crippen LogP contribution in [0.15, 0.2) is 54.7 Å². The predicted octanol–water partition coefficient (Wildman–Crippen LogP) is 3.20. The molecule has 2 aromatic carbocycles. The number of hydrogen-bond acceptors (Lipinski definition) is 2. The molecule has 0 spiro atoms. The molecule has 1 N–H and O–H groups in total. The van der Waals surface area contributed by atoms with Gasteiger partial charge in [0.2, 0.25) is 5.91 Å². The smallest absolute Gasteiger partial charge is 0.227 e. The summed E-state index contributed by atoms with van der Waals surface area (Å²) in [6.45, 7) is 2.55. The van der Waals surface area contributed by atoms with E-state index in [4.69, 9.17) is 0 Å². The number of piperazine rings is 1. The van der Waals surface area contributed by atoms with E-state index in [0.717, 1.165) is 16.5 Å². The molecule has 1 aliphatic rings. The second-order valence-corrected chi connectivity index (χ2v) is 6.36. The first-order valence-electron chi connectivity index (χ1n) is 8.54. The van der Waals surface area contributed by atoms with Crippen LogP contribution in [0, 0.1) is 5.82 Å². The Balaban J connectivity index is 1.41. The average Bonchev–Trinajstić information content (AvgIpc) is 3.05. The Bertz CT molecular complexity index is 897. The first kappa shape index (κ1) is 15.7. The zero-order valence-electron chi connectivity index (χ0n) is 13.9. The van der Waals surface area contributed by atoms with Gasteiger partial charge in [0.05, 0.1) is 12.1 Å². The number of aromatic nitrogens is 1. The van der Waals surface area contributed by atoms with Gasteiger partial charge < -0.3 is 14.8 Å². The van der Waals surface area contributed by atoms with Gasteiger partial charge in [-0.1, -0.05) is 30.3 Å². The normalized spacial score (nSPS) is 14.9. The van der Waals surface area contributed by atoms with E-state index in [1.165, 1.54) is 6.07 Å². The lowest BCUT2D eigenvalue weighted by Crippen LogP contribution is -2.49. The number of halogens is 1. The quantitative estimate of drug-likeness (QED) is 0.797. The fourth-order valence-corrected chi connectivity index (χ4v) is 3.46. The molecule has 0 unspecified atom stereocenters. The highest BCUT2D eigenvalue weighted by Crippen LogP contribution is 2.22. The van der Waals surface area contributed by atoms with E-state index in [9.17, 15) is 9.18 Å². The Labute approximate surface area is 145 Å². The van der Waals surface area contributed by atoms with Gasteiger partial charge in [0.25, 0.3) is 0 Å². The van der Waals surface area contributed by atoms with E-state index >= 15 is 0 Å². The number of rotatable bonds is 3. The summed E-state index contributed by atoms with van der Waals surface area (Å²) in [4.78, 5) is 19.7. The van der Waals surface area contributed by atoms with E-state index < -0.39 is 0 Å². The highest BCUT2D eigenvalue weighted by molar-refractivity contribution is 5.89. The molecule has 5 heteroatoms. The summed E-state index contributed by atoms with van der Waals surface area (Å²) in [6.07, 6.45) is 2.31. The number of benzene rings is 2. The number of aromatic amines is 1. The number of anilines is 1. The lowest BCUT2D eigenvalue weighted by atomic mass is 10.1. The van der Waals surface area contributed by atoms with Crippen LogP contribution in [0.4, 0.5) is 10.1 Å². The fraction of sp³-hybridized carbons (Fsp3) is 0.250. The summed E-state index contributed by atoms with van der Waals surface area (Å²) >= 11 is 0. The number of para-hydroxylation sites is 2. The molecule has 1 fully saturated rings. The SMILES string of the molecule is O=C(Cc1c[nH]c2ccccc12)N1CCN(c2ccccc2F)CC1. The topological polar surface area (TPSA) is 39.3 Å². The maximum atomic E-state index is 13.9. The van der Waals surface area contributed by atoms with E-state index in [2.05, 4.69) is 4.98 Å². The molecule has 1 saturated heterocycles. The van der Waals surface area contributed by atoms with Crippen molar-refractivity contribution < 1.29 is 9.18 Å². The minimum atomic E-state index is -0.207. The van der Waals surface area contributed by atoms with Crippen molar-refractivity contribution in [2.24, 2.45) is 0 Å². The Morgan fingerprint density at radius 1 is 1.00 bits per heavy atom. The van der Waals surface area contributed by atoms with Crippen molar-refractivity contribution in [3.8, 4) is 0 Å². The van der Waals surface area contributed by atoms with Crippen LogP contribution in [0.2, 0.25) is 0 Å². The number of nitrogens with zero attached hydrogens (tertiary/aromatic N) is 2. The molecule has 0 saturated carbocycles. The minimum Gasteiger partial charge on any atom is -0.366 e. The van der Waals surface area contributed by atoms with Gasteiger partial charge in [0, 0.05) is 43.3 Å². The molecule has 0 atom stereocenters. The molecular formula is C20H20FN3O. The van der Waals surface area contributed by atoms with Gasteiger partial charge in [0.1, 0.15) is 5.82 Å². The zero-order valence-corrected chi connectivity index (χ0v) is 13.9. The average molecular weight is 337 g/mol. The number of nitrogens with one attached hydrogen (secondary N) is 1. The van der Waals surface area contributed by atoms with Crippen molar-refractivity contribution in [3.63, 3.8) is 0 Å². The Hall–Kier alpha value is -2.82. The number of hydrogen-bond donors (Lipinski definition) is 1. The first-order chi connectivity index (χ1) is 12.2. The van der Waals surface area contributed by atoms with Gasteiger partial charge in [0.15, 0.2) is 0 Å². The molecule has 0 radical (unpaired) electrons. The molecule has 3 aromatic rings. The molecule has 0 bridgehead atoms. The largest absolute Gasteiger partial charge is 0.366 e. The van der Waals surface area contributed by atoms with Crippen LogP contribution in [0.5, 0.6) is 0 Å². The molecule has 1 amide bonds. The van der Waals surface area contributed by atoms with E-state index in [1.807, 2.05) is 46.3 Å². The van der Waals surface area contributed by atoms with Crippen LogP contribution in [-0.4, -0.2) is 42.0 Å². The van der Waals surface area contributed by atoms with Crippen LogP contribution in [0.25, 0.3) is 10.9 Å². The third kappa shape index (κ3) is 3.09. The molecule has 25 heavy (non-hydrogen) atoms. The third-order valence-corrected chi connectivity index (χ3v) is 4.84. The summed E-state index contributed by atoms with van der Waals surface area (Å²) in [7, 11) is 0. The highest BCUT2D eigenvalue weighted by atomic mass is 19.1. The van der Waals surface area contributed by atoms with E-state index in [0.29, 0.717) is 38.3 Å². The summed E-state index contributed by atoms with van der Waals surface area (Å²) in [6, 6.07) is 14.8. The van der Waals surface area contributed by atoms with Crippen molar-refractivity contribution >= 4 is 22.5 Å². The third-order valence-electron chi connectivity index (χ3n) is 4.84.